The molecule has 8 heteroatoms. The molecule has 158 valence electrons. The van der Waals surface area contributed by atoms with Crippen LogP contribution in [0.3, 0.4) is 0 Å². The van der Waals surface area contributed by atoms with E-state index in [1.165, 1.54) is 23.1 Å². The molecule has 1 N–H and O–H groups in total. The lowest BCUT2D eigenvalue weighted by molar-refractivity contribution is -0.113. The third kappa shape index (κ3) is 4.35. The van der Waals surface area contributed by atoms with Crippen molar-refractivity contribution >= 4 is 44.9 Å². The number of aryl methyl sites for hydroxylation is 2. The summed E-state index contributed by atoms with van der Waals surface area (Å²) in [5.74, 6) is 0.484. The number of hydrogen-bond acceptors (Lipinski definition) is 6. The number of aromatic nitrogens is 2. The zero-order valence-electron chi connectivity index (χ0n) is 17.3. The van der Waals surface area contributed by atoms with E-state index in [0.717, 1.165) is 16.8 Å². The average Bonchev–Trinajstić information content (AvgIpc) is 3.22. The maximum Gasteiger partial charge on any atom is 0.276 e. The van der Waals surface area contributed by atoms with Crippen LogP contribution in [0.15, 0.2) is 63.9 Å². The number of thiophene rings is 1. The normalized spacial score (nSPS) is 10.9. The van der Waals surface area contributed by atoms with Gasteiger partial charge in [-0.15, -0.1) is 11.3 Å². The third-order valence-electron chi connectivity index (χ3n) is 4.76. The zero-order chi connectivity index (χ0) is 22.0. The average molecular weight is 452 g/mol. The van der Waals surface area contributed by atoms with E-state index in [1.54, 1.807) is 23.8 Å². The number of methoxy groups -OCH3 is 1. The first-order valence-corrected chi connectivity index (χ1v) is 11.5. The van der Waals surface area contributed by atoms with Crippen LogP contribution in [0, 0.1) is 13.8 Å². The van der Waals surface area contributed by atoms with Crippen molar-refractivity contribution in [2.45, 2.75) is 19.0 Å². The Morgan fingerprint density at radius 3 is 2.77 bits per heavy atom. The lowest BCUT2D eigenvalue weighted by Gasteiger charge is -2.15. The standard InChI is InChI=1S/C23H21N3O3S2/c1-14-8-9-18(15(2)12-14)26-22(28)21-17(10-11-30-21)25-23(26)31-13-20(27)24-16-6-4-5-7-19(16)29-3/h4-12H,13H2,1-3H3,(H,24,27). The summed E-state index contributed by atoms with van der Waals surface area (Å²) in [6, 6.07) is 15.0. The molecule has 2 aromatic carbocycles. The lowest BCUT2D eigenvalue weighted by Crippen LogP contribution is -2.23. The minimum atomic E-state index is -0.207. The zero-order valence-corrected chi connectivity index (χ0v) is 19.0. The molecule has 0 atom stereocenters. The van der Waals surface area contributed by atoms with Crippen molar-refractivity contribution in [3.63, 3.8) is 0 Å². The Labute approximate surface area is 187 Å². The second kappa shape index (κ2) is 8.95. The topological polar surface area (TPSA) is 73.2 Å². The molecule has 0 fully saturated rings. The van der Waals surface area contributed by atoms with Crippen LogP contribution >= 0.6 is 23.1 Å². The Kier molecular flexibility index (Phi) is 6.11. The summed E-state index contributed by atoms with van der Waals surface area (Å²) in [5.41, 5.74) is 3.97. The van der Waals surface area contributed by atoms with Gasteiger partial charge in [-0.3, -0.25) is 14.2 Å². The maximum atomic E-state index is 13.3. The van der Waals surface area contributed by atoms with Crippen LogP contribution in [0.4, 0.5) is 5.69 Å². The fourth-order valence-electron chi connectivity index (χ4n) is 3.32. The van der Waals surface area contributed by atoms with Crippen molar-refractivity contribution in [3.05, 3.63) is 75.4 Å². The molecule has 0 spiro atoms. The summed E-state index contributed by atoms with van der Waals surface area (Å²) in [5, 5.41) is 5.20. The fourth-order valence-corrected chi connectivity index (χ4v) is 4.89. The second-order valence-corrected chi connectivity index (χ2v) is 8.86. The number of carbonyl (C=O) groups excluding carboxylic acids is 1. The molecule has 0 radical (unpaired) electrons. The van der Waals surface area contributed by atoms with Crippen LogP contribution in [0.25, 0.3) is 15.9 Å². The number of nitrogens with zero attached hydrogens (tertiary/aromatic N) is 2. The molecule has 0 bridgehead atoms. The van der Waals surface area contributed by atoms with Crippen LogP contribution in [0.5, 0.6) is 5.75 Å². The van der Waals surface area contributed by atoms with E-state index >= 15 is 0 Å². The summed E-state index contributed by atoms with van der Waals surface area (Å²) >= 11 is 2.60. The van der Waals surface area contributed by atoms with E-state index in [4.69, 9.17) is 4.74 Å². The van der Waals surface area contributed by atoms with Gasteiger partial charge in [-0.25, -0.2) is 4.98 Å². The molecule has 0 unspecified atom stereocenters. The van der Waals surface area contributed by atoms with E-state index in [9.17, 15) is 9.59 Å². The van der Waals surface area contributed by atoms with Gasteiger partial charge in [0.15, 0.2) is 5.16 Å². The van der Waals surface area contributed by atoms with Crippen molar-refractivity contribution in [2.75, 3.05) is 18.2 Å². The summed E-state index contributed by atoms with van der Waals surface area (Å²) in [4.78, 5) is 30.6. The molecule has 0 saturated carbocycles. The summed E-state index contributed by atoms with van der Waals surface area (Å²) in [7, 11) is 1.56. The highest BCUT2D eigenvalue weighted by Crippen LogP contribution is 2.27. The molecule has 6 nitrogen and oxygen atoms in total. The van der Waals surface area contributed by atoms with Gasteiger partial charge in [0.25, 0.3) is 5.56 Å². The van der Waals surface area contributed by atoms with Gasteiger partial charge in [0.2, 0.25) is 5.91 Å². The second-order valence-electron chi connectivity index (χ2n) is 7.00. The summed E-state index contributed by atoms with van der Waals surface area (Å²) in [6.45, 7) is 3.98. The van der Waals surface area contributed by atoms with Crippen LogP contribution in [-0.4, -0.2) is 28.3 Å². The minimum absolute atomic E-state index is 0.102. The van der Waals surface area contributed by atoms with Crippen molar-refractivity contribution in [1.29, 1.82) is 0 Å². The van der Waals surface area contributed by atoms with E-state index in [0.29, 0.717) is 26.8 Å². The number of carbonyl (C=O) groups is 1. The molecular formula is C23H21N3O3S2. The molecule has 0 saturated heterocycles. The number of fused-ring (bicyclic) bond motifs is 1. The number of ether oxygens (including phenoxy) is 1. The SMILES string of the molecule is COc1ccccc1NC(=O)CSc1nc2ccsc2c(=O)n1-c1ccc(C)cc1C. The quantitative estimate of drug-likeness (QED) is 0.337. The Morgan fingerprint density at radius 1 is 1.19 bits per heavy atom. The number of hydrogen-bond donors (Lipinski definition) is 1. The van der Waals surface area contributed by atoms with Gasteiger partial charge < -0.3 is 10.1 Å². The third-order valence-corrected chi connectivity index (χ3v) is 6.59. The highest BCUT2D eigenvalue weighted by atomic mass is 32.2. The molecule has 2 aromatic heterocycles. The number of anilines is 1. The van der Waals surface area contributed by atoms with Crippen LogP contribution in [-0.2, 0) is 4.79 Å². The van der Waals surface area contributed by atoms with Crippen LogP contribution in [0.1, 0.15) is 11.1 Å². The predicted octanol–water partition coefficient (Wildman–Crippen LogP) is 4.80. The number of amides is 1. The van der Waals surface area contributed by atoms with Crippen molar-refractivity contribution in [3.8, 4) is 11.4 Å². The minimum Gasteiger partial charge on any atom is -0.495 e. The number of benzene rings is 2. The van der Waals surface area contributed by atoms with E-state index in [2.05, 4.69) is 10.3 Å². The number of para-hydroxylation sites is 2. The smallest absolute Gasteiger partial charge is 0.276 e. The summed E-state index contributed by atoms with van der Waals surface area (Å²) < 4.78 is 7.49. The van der Waals surface area contributed by atoms with Crippen molar-refractivity contribution in [2.24, 2.45) is 0 Å². The predicted molar refractivity (Wildman–Crippen MR) is 127 cm³/mol. The Bertz CT molecular complexity index is 1330. The van der Waals surface area contributed by atoms with Gasteiger partial charge >= 0.3 is 0 Å². The molecule has 0 aliphatic heterocycles. The monoisotopic (exact) mass is 451 g/mol. The van der Waals surface area contributed by atoms with Crippen LogP contribution in [0.2, 0.25) is 0 Å². The lowest BCUT2D eigenvalue weighted by atomic mass is 10.1. The van der Waals surface area contributed by atoms with E-state index in [1.807, 2.05) is 55.6 Å². The Hall–Kier alpha value is -3.10. The van der Waals surface area contributed by atoms with Crippen molar-refractivity contribution in [1.82, 2.24) is 9.55 Å². The first kappa shape index (κ1) is 21.1. The molecule has 4 rings (SSSR count). The van der Waals surface area contributed by atoms with E-state index < -0.39 is 0 Å². The molecule has 0 aliphatic carbocycles. The molecule has 4 aromatic rings. The molecule has 31 heavy (non-hydrogen) atoms. The van der Waals surface area contributed by atoms with Gasteiger partial charge in [0.1, 0.15) is 10.4 Å². The van der Waals surface area contributed by atoms with Gasteiger partial charge in [-0.1, -0.05) is 41.6 Å². The van der Waals surface area contributed by atoms with E-state index in [-0.39, 0.29) is 17.2 Å². The van der Waals surface area contributed by atoms with Gasteiger partial charge in [-0.05, 0) is 49.1 Å². The first-order valence-electron chi connectivity index (χ1n) is 9.61. The molecule has 1 amide bonds. The number of rotatable bonds is 6. The number of thioether (sulfide) groups is 1. The molecule has 0 aliphatic rings. The summed E-state index contributed by atoms with van der Waals surface area (Å²) in [6.07, 6.45) is 0. The number of nitrogens with one attached hydrogen (secondary N) is 1. The highest BCUT2D eigenvalue weighted by molar-refractivity contribution is 7.99. The molecular weight excluding hydrogens is 430 g/mol. The van der Waals surface area contributed by atoms with Gasteiger partial charge in [-0.2, -0.15) is 0 Å². The van der Waals surface area contributed by atoms with Gasteiger partial charge in [0, 0.05) is 0 Å². The maximum absolute atomic E-state index is 13.3. The Balaban J connectivity index is 1.67. The fraction of sp³-hybridized carbons (Fsp3) is 0.174. The van der Waals surface area contributed by atoms with Crippen molar-refractivity contribution < 1.29 is 9.53 Å². The van der Waals surface area contributed by atoms with Crippen LogP contribution < -0.4 is 15.6 Å². The Morgan fingerprint density at radius 2 is 2.00 bits per heavy atom. The highest BCUT2D eigenvalue weighted by Gasteiger charge is 2.17. The largest absolute Gasteiger partial charge is 0.495 e. The van der Waals surface area contributed by atoms with Gasteiger partial charge in [0.05, 0.1) is 29.8 Å². The first-order chi connectivity index (χ1) is 15.0. The molecule has 2 heterocycles.